The van der Waals surface area contributed by atoms with E-state index in [2.05, 4.69) is 46.1 Å². The predicted octanol–water partition coefficient (Wildman–Crippen LogP) is 2.18. The molecule has 2 atom stereocenters. The molecule has 0 spiro atoms. The molecule has 4 heteroatoms. The first-order valence-electron chi connectivity index (χ1n) is 7.21. The van der Waals surface area contributed by atoms with E-state index in [1.165, 1.54) is 11.1 Å². The zero-order chi connectivity index (χ0) is 13.8. The highest BCUT2D eigenvalue weighted by atomic mass is 16.5. The summed E-state index contributed by atoms with van der Waals surface area (Å²) in [5.41, 5.74) is 2.76. The lowest BCUT2D eigenvalue weighted by Crippen LogP contribution is -2.35. The average molecular weight is 271 g/mol. The van der Waals surface area contributed by atoms with Crippen LogP contribution in [0.25, 0.3) is 0 Å². The van der Waals surface area contributed by atoms with Gasteiger partial charge in [0.2, 0.25) is 0 Å². The maximum Gasteiger partial charge on any atom is 0.0952 e. The van der Waals surface area contributed by atoms with Gasteiger partial charge in [0.05, 0.1) is 19.0 Å². The summed E-state index contributed by atoms with van der Waals surface area (Å²) in [5, 5.41) is 3.56. The van der Waals surface area contributed by atoms with Crippen LogP contribution < -0.4 is 5.32 Å². The van der Waals surface area contributed by atoms with Crippen LogP contribution in [-0.4, -0.2) is 28.7 Å². The van der Waals surface area contributed by atoms with Crippen molar-refractivity contribution in [2.75, 3.05) is 13.2 Å². The van der Waals surface area contributed by atoms with Crippen LogP contribution in [0.15, 0.2) is 43.0 Å². The molecule has 3 rings (SSSR count). The van der Waals surface area contributed by atoms with Crippen LogP contribution in [0.3, 0.4) is 0 Å². The summed E-state index contributed by atoms with van der Waals surface area (Å²) in [7, 11) is 0. The monoisotopic (exact) mass is 271 g/mol. The first-order valence-corrected chi connectivity index (χ1v) is 7.21. The van der Waals surface area contributed by atoms with Gasteiger partial charge in [-0.15, -0.1) is 0 Å². The van der Waals surface area contributed by atoms with Gasteiger partial charge in [0.25, 0.3) is 0 Å². The van der Waals surface area contributed by atoms with Crippen LogP contribution >= 0.6 is 0 Å². The van der Waals surface area contributed by atoms with Crippen LogP contribution in [0.5, 0.6) is 0 Å². The molecule has 0 aliphatic carbocycles. The predicted molar refractivity (Wildman–Crippen MR) is 78.5 cm³/mol. The molecule has 1 aromatic heterocycles. The van der Waals surface area contributed by atoms with Crippen molar-refractivity contribution in [3.63, 3.8) is 0 Å². The third-order valence-corrected chi connectivity index (χ3v) is 3.79. The number of benzene rings is 1. The second-order valence-electron chi connectivity index (χ2n) is 5.38. The van der Waals surface area contributed by atoms with Crippen molar-refractivity contribution in [3.05, 3.63) is 54.1 Å². The molecule has 2 aromatic rings. The standard InChI is InChI=1S/C16H21N3O/c1-13(11-19-8-7-17-12-19)18-10-16-15-5-3-2-4-14(15)6-9-20-16/h2-5,7-8,12-13,16,18H,6,9-11H2,1H3. The van der Waals surface area contributed by atoms with E-state index in [-0.39, 0.29) is 6.10 Å². The minimum absolute atomic E-state index is 0.171. The smallest absolute Gasteiger partial charge is 0.0952 e. The highest BCUT2D eigenvalue weighted by molar-refractivity contribution is 5.31. The van der Waals surface area contributed by atoms with E-state index in [0.29, 0.717) is 6.04 Å². The summed E-state index contributed by atoms with van der Waals surface area (Å²) < 4.78 is 8.00. The minimum atomic E-state index is 0.171. The van der Waals surface area contributed by atoms with Crippen LogP contribution in [-0.2, 0) is 17.7 Å². The van der Waals surface area contributed by atoms with Crippen LogP contribution in [0.1, 0.15) is 24.2 Å². The van der Waals surface area contributed by atoms with Gasteiger partial charge in [0.1, 0.15) is 0 Å². The SMILES string of the molecule is CC(Cn1ccnc1)NCC1OCCc2ccccc21. The highest BCUT2D eigenvalue weighted by Gasteiger charge is 2.20. The Morgan fingerprint density at radius 3 is 3.20 bits per heavy atom. The van der Waals surface area contributed by atoms with E-state index in [1.807, 2.05) is 18.7 Å². The Labute approximate surface area is 119 Å². The van der Waals surface area contributed by atoms with Gasteiger partial charge in [-0.1, -0.05) is 24.3 Å². The van der Waals surface area contributed by atoms with Crippen molar-refractivity contribution in [1.82, 2.24) is 14.9 Å². The number of nitrogens with zero attached hydrogens (tertiary/aromatic N) is 2. The number of ether oxygens (including phenoxy) is 1. The van der Waals surface area contributed by atoms with E-state index in [9.17, 15) is 0 Å². The van der Waals surface area contributed by atoms with Crippen molar-refractivity contribution < 1.29 is 4.74 Å². The number of aromatic nitrogens is 2. The fourth-order valence-corrected chi connectivity index (χ4v) is 2.73. The maximum absolute atomic E-state index is 5.91. The Bertz CT molecular complexity index is 538. The average Bonchev–Trinajstić information content (AvgIpc) is 2.98. The molecule has 0 saturated carbocycles. The van der Waals surface area contributed by atoms with Gasteiger partial charge in [-0.25, -0.2) is 4.98 Å². The number of rotatable bonds is 5. The van der Waals surface area contributed by atoms with E-state index < -0.39 is 0 Å². The quantitative estimate of drug-likeness (QED) is 0.906. The molecule has 2 heterocycles. The number of nitrogens with one attached hydrogen (secondary N) is 1. The normalized spacial score (nSPS) is 19.6. The molecule has 4 nitrogen and oxygen atoms in total. The summed E-state index contributed by atoms with van der Waals surface area (Å²) in [6.45, 7) is 4.79. The fraction of sp³-hybridized carbons (Fsp3) is 0.438. The van der Waals surface area contributed by atoms with E-state index in [4.69, 9.17) is 4.74 Å². The Balaban J connectivity index is 1.56. The van der Waals surface area contributed by atoms with Gasteiger partial charge in [0.15, 0.2) is 0 Å². The molecule has 20 heavy (non-hydrogen) atoms. The zero-order valence-corrected chi connectivity index (χ0v) is 11.8. The maximum atomic E-state index is 5.91. The van der Waals surface area contributed by atoms with Crippen molar-refractivity contribution in [3.8, 4) is 0 Å². The molecule has 0 saturated heterocycles. The number of hydrogen-bond acceptors (Lipinski definition) is 3. The van der Waals surface area contributed by atoms with Gasteiger partial charge in [-0.3, -0.25) is 0 Å². The lowest BCUT2D eigenvalue weighted by molar-refractivity contribution is 0.0406. The fourth-order valence-electron chi connectivity index (χ4n) is 2.73. The van der Waals surface area contributed by atoms with E-state index >= 15 is 0 Å². The van der Waals surface area contributed by atoms with E-state index in [1.54, 1.807) is 0 Å². The highest BCUT2D eigenvalue weighted by Crippen LogP contribution is 2.26. The zero-order valence-electron chi connectivity index (χ0n) is 11.8. The number of fused-ring (bicyclic) bond motifs is 1. The molecule has 1 aliphatic heterocycles. The van der Waals surface area contributed by atoms with Crippen molar-refractivity contribution in [2.45, 2.75) is 32.0 Å². The summed E-state index contributed by atoms with van der Waals surface area (Å²) in [5.74, 6) is 0. The Morgan fingerprint density at radius 1 is 1.45 bits per heavy atom. The lowest BCUT2D eigenvalue weighted by atomic mass is 9.97. The molecule has 1 N–H and O–H groups in total. The van der Waals surface area contributed by atoms with Gasteiger partial charge in [-0.05, 0) is 24.5 Å². The second-order valence-corrected chi connectivity index (χ2v) is 5.38. The van der Waals surface area contributed by atoms with Gasteiger partial charge in [0, 0.05) is 31.5 Å². The molecular weight excluding hydrogens is 250 g/mol. The third-order valence-electron chi connectivity index (χ3n) is 3.79. The molecule has 1 aliphatic rings. The van der Waals surface area contributed by atoms with Gasteiger partial charge < -0.3 is 14.6 Å². The number of hydrogen-bond donors (Lipinski definition) is 1. The molecule has 0 bridgehead atoms. The van der Waals surface area contributed by atoms with Crippen LogP contribution in [0, 0.1) is 0 Å². The summed E-state index contributed by atoms with van der Waals surface area (Å²) in [6, 6.07) is 8.98. The molecule has 0 radical (unpaired) electrons. The van der Waals surface area contributed by atoms with E-state index in [0.717, 1.165) is 26.1 Å². The summed E-state index contributed by atoms with van der Waals surface area (Å²) in [4.78, 5) is 4.07. The topological polar surface area (TPSA) is 39.1 Å². The first kappa shape index (κ1) is 13.3. The summed E-state index contributed by atoms with van der Waals surface area (Å²) in [6.07, 6.45) is 6.85. The minimum Gasteiger partial charge on any atom is -0.372 e. The molecule has 106 valence electrons. The Kier molecular flexibility index (Phi) is 4.14. The molecular formula is C16H21N3O. The van der Waals surface area contributed by atoms with Crippen LogP contribution in [0.4, 0.5) is 0 Å². The van der Waals surface area contributed by atoms with Gasteiger partial charge >= 0.3 is 0 Å². The Morgan fingerprint density at radius 2 is 2.35 bits per heavy atom. The molecule has 0 amide bonds. The summed E-state index contributed by atoms with van der Waals surface area (Å²) >= 11 is 0. The second kappa shape index (κ2) is 6.20. The third kappa shape index (κ3) is 3.08. The van der Waals surface area contributed by atoms with Crippen LogP contribution in [0.2, 0.25) is 0 Å². The molecule has 1 aromatic carbocycles. The number of imidazole rings is 1. The largest absolute Gasteiger partial charge is 0.372 e. The van der Waals surface area contributed by atoms with Crippen molar-refractivity contribution >= 4 is 0 Å². The van der Waals surface area contributed by atoms with Gasteiger partial charge in [-0.2, -0.15) is 0 Å². The Hall–Kier alpha value is -1.65. The van der Waals surface area contributed by atoms with Crippen molar-refractivity contribution in [2.24, 2.45) is 0 Å². The molecule has 2 unspecified atom stereocenters. The lowest BCUT2D eigenvalue weighted by Gasteiger charge is -2.27. The van der Waals surface area contributed by atoms with Crippen molar-refractivity contribution in [1.29, 1.82) is 0 Å². The first-order chi connectivity index (χ1) is 9.83. The molecule has 0 fully saturated rings.